The molecule has 0 spiro atoms. The van der Waals surface area contributed by atoms with Crippen LogP contribution in [0.2, 0.25) is 0 Å². The van der Waals surface area contributed by atoms with Gasteiger partial charge in [-0.2, -0.15) is 0 Å². The first-order chi connectivity index (χ1) is 9.11. The van der Waals surface area contributed by atoms with Crippen LogP contribution in [0.4, 0.5) is 0 Å². The predicted octanol–water partition coefficient (Wildman–Crippen LogP) is 5.28. The van der Waals surface area contributed by atoms with Gasteiger partial charge < -0.3 is 10.1 Å². The van der Waals surface area contributed by atoms with E-state index in [1.165, 1.54) is 5.56 Å². The Labute approximate surface area is 130 Å². The summed E-state index contributed by atoms with van der Waals surface area (Å²) >= 11 is 7.06. The molecular formula is C15H15Br2NO. The van der Waals surface area contributed by atoms with Gasteiger partial charge in [-0.3, -0.25) is 0 Å². The fraction of sp³-hybridized carbons (Fsp3) is 0.200. The quantitative estimate of drug-likeness (QED) is 0.773. The third-order valence-electron chi connectivity index (χ3n) is 2.94. The van der Waals surface area contributed by atoms with Gasteiger partial charge in [0.05, 0.1) is 4.47 Å². The summed E-state index contributed by atoms with van der Waals surface area (Å²) < 4.78 is 7.85. The van der Waals surface area contributed by atoms with Crippen molar-refractivity contribution in [2.45, 2.75) is 13.0 Å². The first-order valence-electron chi connectivity index (χ1n) is 6.01. The summed E-state index contributed by atoms with van der Waals surface area (Å²) in [6.45, 7) is 2.12. The van der Waals surface area contributed by atoms with Crippen molar-refractivity contribution >= 4 is 31.9 Å². The van der Waals surface area contributed by atoms with E-state index in [-0.39, 0.29) is 0 Å². The molecule has 0 radical (unpaired) electrons. The summed E-state index contributed by atoms with van der Waals surface area (Å²) in [5, 5.41) is 3.22. The van der Waals surface area contributed by atoms with Crippen LogP contribution in [0.15, 0.2) is 51.4 Å². The molecule has 2 aromatic rings. The van der Waals surface area contributed by atoms with Crippen molar-refractivity contribution in [3.63, 3.8) is 0 Å². The predicted molar refractivity (Wildman–Crippen MR) is 85.8 cm³/mol. The maximum Gasteiger partial charge on any atom is 0.141 e. The fourth-order valence-electron chi connectivity index (χ4n) is 1.73. The molecule has 1 N–H and O–H groups in total. The second kappa shape index (κ2) is 6.55. The van der Waals surface area contributed by atoms with Crippen molar-refractivity contribution in [1.82, 2.24) is 5.32 Å². The molecule has 1 atom stereocenters. The van der Waals surface area contributed by atoms with Crippen LogP contribution < -0.4 is 10.1 Å². The maximum atomic E-state index is 5.86. The van der Waals surface area contributed by atoms with Gasteiger partial charge in [0.2, 0.25) is 0 Å². The molecule has 0 amide bonds. The highest BCUT2D eigenvalue weighted by atomic mass is 79.9. The zero-order valence-electron chi connectivity index (χ0n) is 10.8. The molecule has 0 saturated carbocycles. The van der Waals surface area contributed by atoms with E-state index in [1.54, 1.807) is 0 Å². The number of para-hydroxylation sites is 1. The summed E-state index contributed by atoms with van der Waals surface area (Å²) in [4.78, 5) is 0. The third kappa shape index (κ3) is 3.59. The molecule has 100 valence electrons. The van der Waals surface area contributed by atoms with E-state index >= 15 is 0 Å². The van der Waals surface area contributed by atoms with Crippen molar-refractivity contribution in [1.29, 1.82) is 0 Å². The van der Waals surface area contributed by atoms with E-state index in [2.05, 4.69) is 50.2 Å². The van der Waals surface area contributed by atoms with Crippen molar-refractivity contribution in [2.24, 2.45) is 0 Å². The zero-order chi connectivity index (χ0) is 13.8. The molecular weight excluding hydrogens is 370 g/mol. The lowest BCUT2D eigenvalue weighted by molar-refractivity contribution is 0.478. The average Bonchev–Trinajstić information content (AvgIpc) is 2.41. The monoisotopic (exact) mass is 383 g/mol. The minimum Gasteiger partial charge on any atom is -0.456 e. The zero-order valence-corrected chi connectivity index (χ0v) is 14.0. The lowest BCUT2D eigenvalue weighted by Gasteiger charge is -2.14. The van der Waals surface area contributed by atoms with Crippen molar-refractivity contribution in [2.75, 3.05) is 7.05 Å². The Balaban J connectivity index is 2.24. The Kier molecular flexibility index (Phi) is 5.02. The second-order valence-electron chi connectivity index (χ2n) is 4.23. The van der Waals surface area contributed by atoms with Gasteiger partial charge >= 0.3 is 0 Å². The lowest BCUT2D eigenvalue weighted by Crippen LogP contribution is -2.12. The highest BCUT2D eigenvalue weighted by Gasteiger charge is 2.09. The molecule has 2 nitrogen and oxygen atoms in total. The van der Waals surface area contributed by atoms with Crippen LogP contribution in [0.5, 0.6) is 11.5 Å². The van der Waals surface area contributed by atoms with Crippen LogP contribution in [0.25, 0.3) is 0 Å². The maximum absolute atomic E-state index is 5.86. The van der Waals surface area contributed by atoms with Crippen molar-refractivity contribution < 1.29 is 4.74 Å². The second-order valence-corrected chi connectivity index (χ2v) is 5.93. The van der Waals surface area contributed by atoms with E-state index in [9.17, 15) is 0 Å². The Morgan fingerprint density at radius 1 is 1.05 bits per heavy atom. The van der Waals surface area contributed by atoms with Gasteiger partial charge in [0.1, 0.15) is 11.5 Å². The summed E-state index contributed by atoms with van der Waals surface area (Å²) in [5.41, 5.74) is 1.21. The molecule has 0 aliphatic carbocycles. The minimum atomic E-state index is 0.298. The Hall–Kier alpha value is -0.840. The Bertz CT molecular complexity index is 572. The fourth-order valence-corrected chi connectivity index (χ4v) is 2.80. The Morgan fingerprint density at radius 2 is 1.79 bits per heavy atom. The van der Waals surface area contributed by atoms with Crippen LogP contribution in [0.1, 0.15) is 18.5 Å². The SMILES string of the molecule is CNC(C)c1ccc(Oc2ccccc2Br)cc1Br. The third-order valence-corrected chi connectivity index (χ3v) is 4.28. The van der Waals surface area contributed by atoms with Gasteiger partial charge in [0.25, 0.3) is 0 Å². The number of hydrogen-bond donors (Lipinski definition) is 1. The molecule has 0 heterocycles. The van der Waals surface area contributed by atoms with Crippen LogP contribution in [0, 0.1) is 0 Å². The van der Waals surface area contributed by atoms with Crippen LogP contribution >= 0.6 is 31.9 Å². The van der Waals surface area contributed by atoms with Gasteiger partial charge in [0.15, 0.2) is 0 Å². The van der Waals surface area contributed by atoms with E-state index in [0.717, 1.165) is 20.4 Å². The molecule has 0 aliphatic heterocycles. The summed E-state index contributed by atoms with van der Waals surface area (Å²) in [5.74, 6) is 1.62. The average molecular weight is 385 g/mol. The molecule has 0 aliphatic rings. The first-order valence-corrected chi connectivity index (χ1v) is 7.59. The van der Waals surface area contributed by atoms with Gasteiger partial charge in [-0.15, -0.1) is 0 Å². The largest absolute Gasteiger partial charge is 0.456 e. The molecule has 0 fully saturated rings. The van der Waals surface area contributed by atoms with Gasteiger partial charge in [-0.25, -0.2) is 0 Å². The topological polar surface area (TPSA) is 21.3 Å². The molecule has 0 aromatic heterocycles. The lowest BCUT2D eigenvalue weighted by atomic mass is 10.1. The number of hydrogen-bond acceptors (Lipinski definition) is 2. The van der Waals surface area contributed by atoms with Gasteiger partial charge in [-0.1, -0.05) is 34.1 Å². The van der Waals surface area contributed by atoms with E-state index < -0.39 is 0 Å². The van der Waals surface area contributed by atoms with E-state index in [0.29, 0.717) is 6.04 Å². The van der Waals surface area contributed by atoms with Crippen LogP contribution in [0.3, 0.4) is 0 Å². The molecule has 2 rings (SSSR count). The highest BCUT2D eigenvalue weighted by molar-refractivity contribution is 9.10. The van der Waals surface area contributed by atoms with E-state index in [1.807, 2.05) is 43.4 Å². The number of benzene rings is 2. The van der Waals surface area contributed by atoms with Crippen LogP contribution in [-0.2, 0) is 0 Å². The molecule has 4 heteroatoms. The molecule has 2 aromatic carbocycles. The van der Waals surface area contributed by atoms with Crippen LogP contribution in [-0.4, -0.2) is 7.05 Å². The number of nitrogens with one attached hydrogen (secondary N) is 1. The smallest absolute Gasteiger partial charge is 0.141 e. The summed E-state index contributed by atoms with van der Waals surface area (Å²) in [6, 6.07) is 14.1. The highest BCUT2D eigenvalue weighted by Crippen LogP contribution is 2.33. The molecule has 1 unspecified atom stereocenters. The molecule has 0 saturated heterocycles. The van der Waals surface area contributed by atoms with Gasteiger partial charge in [-0.05, 0) is 59.7 Å². The first kappa shape index (κ1) is 14.6. The summed E-state index contributed by atoms with van der Waals surface area (Å²) in [7, 11) is 1.95. The number of rotatable bonds is 4. The standard InChI is InChI=1S/C15H15Br2NO/c1-10(18-2)12-8-7-11(9-14(12)17)19-15-6-4-3-5-13(15)16/h3-10,18H,1-2H3. The molecule has 0 bridgehead atoms. The normalized spacial score (nSPS) is 12.2. The van der Waals surface area contributed by atoms with Crippen molar-refractivity contribution in [3.8, 4) is 11.5 Å². The summed E-state index contributed by atoms with van der Waals surface area (Å²) in [6.07, 6.45) is 0. The number of halogens is 2. The minimum absolute atomic E-state index is 0.298. The van der Waals surface area contributed by atoms with E-state index in [4.69, 9.17) is 4.74 Å². The Morgan fingerprint density at radius 3 is 2.42 bits per heavy atom. The molecule has 19 heavy (non-hydrogen) atoms. The van der Waals surface area contributed by atoms with Gasteiger partial charge in [0, 0.05) is 10.5 Å². The van der Waals surface area contributed by atoms with Crippen molar-refractivity contribution in [3.05, 3.63) is 57.0 Å². The number of ether oxygens (including phenoxy) is 1.